The van der Waals surface area contributed by atoms with E-state index in [0.29, 0.717) is 0 Å². The van der Waals surface area contributed by atoms with Gasteiger partial charge in [-0.3, -0.25) is 0 Å². The van der Waals surface area contributed by atoms with Crippen LogP contribution in [0.2, 0.25) is 0 Å². The minimum absolute atomic E-state index is 0.910. The van der Waals surface area contributed by atoms with E-state index in [0.717, 1.165) is 16.6 Å². The smallest absolute Gasteiger partial charge is 0.0994 e. The Morgan fingerprint density at radius 2 is 1.90 bits per heavy atom. The van der Waals surface area contributed by atoms with E-state index >= 15 is 0 Å². The van der Waals surface area contributed by atoms with Gasteiger partial charge >= 0.3 is 0 Å². The largest absolute Gasteiger partial charge is 0.303 e. The van der Waals surface area contributed by atoms with Crippen LogP contribution in [0.25, 0.3) is 5.69 Å². The zero-order valence-electron chi connectivity index (χ0n) is 11.3. The van der Waals surface area contributed by atoms with Gasteiger partial charge in [0, 0.05) is 16.4 Å². The molecule has 0 radical (unpaired) electrons. The molecular weight excluding hydrogens is 312 g/mol. The Morgan fingerprint density at radius 3 is 2.60 bits per heavy atom. The second-order valence-corrected chi connectivity index (χ2v) is 5.76. The van der Waals surface area contributed by atoms with Crippen molar-refractivity contribution in [2.24, 2.45) is 0 Å². The fourth-order valence-corrected chi connectivity index (χ4v) is 2.77. The highest BCUT2D eigenvalue weighted by Gasteiger charge is 2.08. The van der Waals surface area contributed by atoms with Crippen molar-refractivity contribution in [2.75, 3.05) is 0 Å². The Bertz CT molecular complexity index is 717. The lowest BCUT2D eigenvalue weighted by Gasteiger charge is -2.13. The molecule has 0 spiro atoms. The first-order valence-corrected chi connectivity index (χ1v) is 7.35. The molecule has 3 heteroatoms. The van der Waals surface area contributed by atoms with Crippen LogP contribution in [0.4, 0.5) is 0 Å². The van der Waals surface area contributed by atoms with Crippen molar-refractivity contribution in [3.63, 3.8) is 0 Å². The predicted molar refractivity (Wildman–Crippen MR) is 85.2 cm³/mol. The Balaban J connectivity index is 2.05. The summed E-state index contributed by atoms with van der Waals surface area (Å²) in [5.41, 5.74) is 4.92. The van der Waals surface area contributed by atoms with Gasteiger partial charge < -0.3 is 4.57 Å². The van der Waals surface area contributed by atoms with Gasteiger partial charge in [-0.25, -0.2) is 4.98 Å². The molecule has 0 aliphatic rings. The number of hydrogen-bond donors (Lipinski definition) is 0. The van der Waals surface area contributed by atoms with Crippen molar-refractivity contribution >= 4 is 15.9 Å². The van der Waals surface area contributed by atoms with Crippen LogP contribution in [-0.4, -0.2) is 9.55 Å². The summed E-state index contributed by atoms with van der Waals surface area (Å²) in [6.45, 7) is 2.07. The Kier molecular flexibility index (Phi) is 3.70. The van der Waals surface area contributed by atoms with Crippen molar-refractivity contribution in [1.29, 1.82) is 0 Å². The number of hydrogen-bond acceptors (Lipinski definition) is 1. The normalized spacial score (nSPS) is 10.7. The summed E-state index contributed by atoms with van der Waals surface area (Å²) in [5, 5.41) is 0. The fraction of sp³-hybridized carbons (Fsp3) is 0.118. The monoisotopic (exact) mass is 326 g/mol. The molecule has 3 aromatic rings. The average molecular weight is 327 g/mol. The molecule has 0 atom stereocenters. The highest BCUT2D eigenvalue weighted by atomic mass is 79.9. The Morgan fingerprint density at radius 1 is 1.10 bits per heavy atom. The zero-order chi connectivity index (χ0) is 13.9. The van der Waals surface area contributed by atoms with Crippen LogP contribution < -0.4 is 0 Å². The van der Waals surface area contributed by atoms with Crippen molar-refractivity contribution in [2.45, 2.75) is 13.3 Å². The van der Waals surface area contributed by atoms with Gasteiger partial charge in [-0.2, -0.15) is 0 Å². The second kappa shape index (κ2) is 5.63. The Labute approximate surface area is 127 Å². The third kappa shape index (κ3) is 2.68. The minimum atomic E-state index is 0.910. The van der Waals surface area contributed by atoms with E-state index in [4.69, 9.17) is 0 Å². The summed E-state index contributed by atoms with van der Waals surface area (Å²) >= 11 is 3.57. The van der Waals surface area contributed by atoms with E-state index in [2.05, 4.69) is 74.9 Å². The van der Waals surface area contributed by atoms with Crippen LogP contribution in [0.15, 0.2) is 65.5 Å². The van der Waals surface area contributed by atoms with Crippen molar-refractivity contribution < 1.29 is 0 Å². The van der Waals surface area contributed by atoms with Gasteiger partial charge in [0.1, 0.15) is 0 Å². The third-order valence-corrected chi connectivity index (χ3v) is 3.86. The van der Waals surface area contributed by atoms with Crippen LogP contribution in [0.3, 0.4) is 0 Å². The second-order valence-electron chi connectivity index (χ2n) is 4.84. The maximum Gasteiger partial charge on any atom is 0.0994 e. The number of nitrogens with zero attached hydrogens (tertiary/aromatic N) is 2. The van der Waals surface area contributed by atoms with Crippen molar-refractivity contribution in [1.82, 2.24) is 9.55 Å². The Hall–Kier alpha value is -1.87. The molecule has 3 rings (SSSR count). The van der Waals surface area contributed by atoms with Gasteiger partial charge in [0.2, 0.25) is 0 Å². The summed E-state index contributed by atoms with van der Waals surface area (Å²) in [5.74, 6) is 0. The highest BCUT2D eigenvalue weighted by molar-refractivity contribution is 9.10. The topological polar surface area (TPSA) is 17.8 Å². The van der Waals surface area contributed by atoms with Gasteiger partial charge in [-0.15, -0.1) is 0 Å². The third-order valence-electron chi connectivity index (χ3n) is 3.36. The molecule has 0 N–H and O–H groups in total. The minimum Gasteiger partial charge on any atom is -0.303 e. The summed E-state index contributed by atoms with van der Waals surface area (Å²) in [6, 6.07) is 16.9. The zero-order valence-corrected chi connectivity index (χ0v) is 12.8. The predicted octanol–water partition coefficient (Wildman–Crippen LogP) is 4.53. The number of aromatic nitrogens is 2. The van der Waals surface area contributed by atoms with Crippen LogP contribution in [0.5, 0.6) is 0 Å². The molecule has 20 heavy (non-hydrogen) atoms. The molecule has 0 saturated carbocycles. The quantitative estimate of drug-likeness (QED) is 0.691. The number of imidazole rings is 1. The number of aryl methyl sites for hydroxylation is 1. The van der Waals surface area contributed by atoms with E-state index in [-0.39, 0.29) is 0 Å². The molecule has 0 amide bonds. The molecule has 1 heterocycles. The summed E-state index contributed by atoms with van der Waals surface area (Å²) < 4.78 is 3.23. The molecular formula is C17H15BrN2. The highest BCUT2D eigenvalue weighted by Crippen LogP contribution is 2.23. The lowest BCUT2D eigenvalue weighted by Crippen LogP contribution is -2.01. The fourth-order valence-electron chi connectivity index (χ4n) is 2.36. The van der Waals surface area contributed by atoms with Gasteiger partial charge in [0.15, 0.2) is 0 Å². The summed E-state index contributed by atoms with van der Waals surface area (Å²) in [4.78, 5) is 4.22. The van der Waals surface area contributed by atoms with Crippen LogP contribution >= 0.6 is 15.9 Å². The van der Waals surface area contributed by atoms with Gasteiger partial charge in [0.25, 0.3) is 0 Å². The number of benzene rings is 2. The van der Waals surface area contributed by atoms with Gasteiger partial charge in [-0.1, -0.05) is 46.3 Å². The van der Waals surface area contributed by atoms with Crippen LogP contribution in [0, 0.1) is 6.92 Å². The van der Waals surface area contributed by atoms with E-state index in [1.807, 2.05) is 18.6 Å². The van der Waals surface area contributed by atoms with E-state index in [1.165, 1.54) is 16.8 Å². The lowest BCUT2D eigenvalue weighted by molar-refractivity contribution is 0.975. The van der Waals surface area contributed by atoms with E-state index in [1.54, 1.807) is 0 Å². The van der Waals surface area contributed by atoms with E-state index in [9.17, 15) is 0 Å². The molecule has 0 fully saturated rings. The number of halogens is 1. The van der Waals surface area contributed by atoms with Crippen molar-refractivity contribution in [3.8, 4) is 5.69 Å². The first-order chi connectivity index (χ1) is 9.74. The van der Waals surface area contributed by atoms with E-state index < -0.39 is 0 Å². The molecule has 2 aromatic carbocycles. The SMILES string of the molecule is Cc1cncn1-c1ccc(Br)cc1Cc1ccccc1. The standard InChI is InChI=1S/C17H15BrN2/c1-13-11-19-12-20(13)17-8-7-16(18)10-15(17)9-14-5-3-2-4-6-14/h2-8,10-12H,9H2,1H3. The molecule has 100 valence electrons. The maximum atomic E-state index is 4.22. The molecule has 0 aliphatic heterocycles. The summed E-state index contributed by atoms with van der Waals surface area (Å²) in [7, 11) is 0. The molecule has 0 bridgehead atoms. The van der Waals surface area contributed by atoms with Crippen LogP contribution in [0.1, 0.15) is 16.8 Å². The lowest BCUT2D eigenvalue weighted by atomic mass is 10.0. The average Bonchev–Trinajstić information content (AvgIpc) is 2.86. The van der Waals surface area contributed by atoms with Gasteiger partial charge in [0.05, 0.1) is 12.0 Å². The first-order valence-electron chi connectivity index (χ1n) is 6.56. The molecule has 2 nitrogen and oxygen atoms in total. The van der Waals surface area contributed by atoms with Crippen molar-refractivity contribution in [3.05, 3.63) is 82.3 Å². The van der Waals surface area contributed by atoms with Gasteiger partial charge in [-0.05, 0) is 42.7 Å². The van der Waals surface area contributed by atoms with Crippen LogP contribution in [-0.2, 0) is 6.42 Å². The maximum absolute atomic E-state index is 4.22. The number of rotatable bonds is 3. The molecule has 0 saturated heterocycles. The molecule has 0 unspecified atom stereocenters. The summed E-state index contributed by atoms with van der Waals surface area (Å²) in [6.07, 6.45) is 4.66. The molecule has 0 aliphatic carbocycles. The molecule has 1 aromatic heterocycles. The first kappa shape index (κ1) is 13.1.